The zero-order chi connectivity index (χ0) is 17.4. The highest BCUT2D eigenvalue weighted by atomic mass is 16.6. The van der Waals surface area contributed by atoms with Crippen molar-refractivity contribution < 1.29 is 19.2 Å². The van der Waals surface area contributed by atoms with Crippen LogP contribution in [-0.4, -0.2) is 16.8 Å². The molecule has 7 heteroatoms. The van der Waals surface area contributed by atoms with Crippen molar-refractivity contribution in [3.05, 3.63) is 70.3 Å². The van der Waals surface area contributed by atoms with Crippen LogP contribution in [0.25, 0.3) is 0 Å². The molecule has 0 aromatic heterocycles. The molecule has 0 aliphatic heterocycles. The van der Waals surface area contributed by atoms with Gasteiger partial charge in [-0.3, -0.25) is 19.7 Å². The lowest BCUT2D eigenvalue weighted by Gasteiger charge is -2.06. The number of hydrogen-bond donors (Lipinski definition) is 1. The van der Waals surface area contributed by atoms with E-state index in [-0.39, 0.29) is 31.0 Å². The Kier molecular flexibility index (Phi) is 6.01. The molecular formula is C17H16N2O5. The molecule has 124 valence electrons. The zero-order valence-corrected chi connectivity index (χ0v) is 12.8. The number of nitrogens with one attached hydrogen (secondary N) is 1. The maximum Gasteiger partial charge on any atom is 0.306 e. The van der Waals surface area contributed by atoms with E-state index in [0.29, 0.717) is 11.3 Å². The number of non-ortho nitro benzene ring substituents is 1. The van der Waals surface area contributed by atoms with E-state index in [2.05, 4.69) is 5.32 Å². The van der Waals surface area contributed by atoms with Gasteiger partial charge < -0.3 is 10.1 Å². The molecule has 0 bridgehead atoms. The molecule has 0 fully saturated rings. The van der Waals surface area contributed by atoms with Gasteiger partial charge in [-0.2, -0.15) is 0 Å². The molecule has 0 atom stereocenters. The number of amides is 1. The van der Waals surface area contributed by atoms with Gasteiger partial charge in [-0.15, -0.1) is 0 Å². The molecule has 7 nitrogen and oxygen atoms in total. The molecular weight excluding hydrogens is 312 g/mol. The van der Waals surface area contributed by atoms with Gasteiger partial charge in [0.2, 0.25) is 5.91 Å². The molecule has 0 aliphatic rings. The lowest BCUT2D eigenvalue weighted by Crippen LogP contribution is -2.14. The number of nitro groups is 1. The van der Waals surface area contributed by atoms with Crippen molar-refractivity contribution >= 4 is 23.3 Å². The maximum absolute atomic E-state index is 11.7. The number of nitrogens with zero attached hydrogens (tertiary/aromatic N) is 1. The average molecular weight is 328 g/mol. The van der Waals surface area contributed by atoms with Crippen molar-refractivity contribution in [1.29, 1.82) is 0 Å². The van der Waals surface area contributed by atoms with Crippen LogP contribution in [0.4, 0.5) is 11.4 Å². The van der Waals surface area contributed by atoms with Gasteiger partial charge in [-0.1, -0.05) is 30.3 Å². The number of ether oxygens (including phenoxy) is 1. The summed E-state index contributed by atoms with van der Waals surface area (Å²) in [6.07, 6.45) is -0.0593. The zero-order valence-electron chi connectivity index (χ0n) is 12.8. The van der Waals surface area contributed by atoms with E-state index >= 15 is 0 Å². The van der Waals surface area contributed by atoms with E-state index in [1.54, 1.807) is 30.3 Å². The van der Waals surface area contributed by atoms with Gasteiger partial charge in [0.25, 0.3) is 5.69 Å². The first-order valence-corrected chi connectivity index (χ1v) is 7.28. The third kappa shape index (κ3) is 5.53. The topological polar surface area (TPSA) is 98.5 Å². The fourth-order valence-electron chi connectivity index (χ4n) is 1.96. The summed E-state index contributed by atoms with van der Waals surface area (Å²) in [6, 6.07) is 14.8. The predicted molar refractivity (Wildman–Crippen MR) is 87.2 cm³/mol. The Morgan fingerprint density at radius 1 is 1.04 bits per heavy atom. The predicted octanol–water partition coefficient (Wildman–Crippen LogP) is 3.06. The minimum absolute atomic E-state index is 0.00264. The van der Waals surface area contributed by atoms with Gasteiger partial charge in [0, 0.05) is 24.2 Å². The lowest BCUT2D eigenvalue weighted by atomic mass is 10.2. The van der Waals surface area contributed by atoms with Crippen molar-refractivity contribution in [2.45, 2.75) is 19.4 Å². The first-order valence-electron chi connectivity index (χ1n) is 7.28. The highest BCUT2D eigenvalue weighted by Crippen LogP contribution is 2.14. The monoisotopic (exact) mass is 328 g/mol. The summed E-state index contributed by atoms with van der Waals surface area (Å²) >= 11 is 0. The van der Waals surface area contributed by atoms with Crippen LogP contribution in [0.3, 0.4) is 0 Å². The molecule has 0 heterocycles. The first-order chi connectivity index (χ1) is 11.5. The second-order valence-electron chi connectivity index (χ2n) is 5.00. The van der Waals surface area contributed by atoms with E-state index < -0.39 is 10.9 Å². The molecule has 2 aromatic rings. The molecule has 0 radical (unpaired) electrons. The molecule has 0 aliphatic carbocycles. The van der Waals surface area contributed by atoms with Gasteiger partial charge in [0.15, 0.2) is 0 Å². The fraction of sp³-hybridized carbons (Fsp3) is 0.176. The summed E-state index contributed by atoms with van der Waals surface area (Å²) in [5.74, 6) is -0.821. The normalized spacial score (nSPS) is 10.0. The molecule has 0 saturated heterocycles. The highest BCUT2D eigenvalue weighted by Gasteiger charge is 2.10. The standard InChI is InChI=1S/C17H16N2O5/c20-16(18-14-6-2-1-3-7-14)9-10-17(21)24-12-13-5-4-8-15(11-13)19(22)23/h1-8,11H,9-10,12H2,(H,18,20). The Morgan fingerprint density at radius 2 is 1.79 bits per heavy atom. The number of nitro benzene ring substituents is 1. The summed E-state index contributed by atoms with van der Waals surface area (Å²) < 4.78 is 5.02. The summed E-state index contributed by atoms with van der Waals surface area (Å²) in [5.41, 5.74) is 1.12. The molecule has 24 heavy (non-hydrogen) atoms. The van der Waals surface area contributed by atoms with Gasteiger partial charge in [-0.25, -0.2) is 0 Å². The Bertz CT molecular complexity index is 731. The number of carbonyl (C=O) groups is 2. The summed E-state index contributed by atoms with van der Waals surface area (Å²) in [4.78, 5) is 33.5. The highest BCUT2D eigenvalue weighted by molar-refractivity contribution is 5.92. The maximum atomic E-state index is 11.7. The molecule has 0 spiro atoms. The minimum atomic E-state index is -0.537. The van der Waals surface area contributed by atoms with Gasteiger partial charge in [0.05, 0.1) is 11.3 Å². The van der Waals surface area contributed by atoms with Crippen molar-refractivity contribution in [2.75, 3.05) is 5.32 Å². The van der Waals surface area contributed by atoms with Crippen LogP contribution in [0.1, 0.15) is 18.4 Å². The van der Waals surface area contributed by atoms with Gasteiger partial charge in [-0.05, 0) is 17.7 Å². The molecule has 0 unspecified atom stereocenters. The second kappa shape index (κ2) is 8.42. The van der Waals surface area contributed by atoms with Gasteiger partial charge in [0.1, 0.15) is 6.61 Å². The largest absolute Gasteiger partial charge is 0.461 e. The molecule has 2 rings (SSSR count). The Morgan fingerprint density at radius 3 is 2.50 bits per heavy atom. The van der Waals surface area contributed by atoms with E-state index in [1.165, 1.54) is 18.2 Å². The van der Waals surface area contributed by atoms with Crippen LogP contribution in [0.15, 0.2) is 54.6 Å². The van der Waals surface area contributed by atoms with E-state index in [1.807, 2.05) is 6.07 Å². The number of anilines is 1. The number of benzene rings is 2. The van der Waals surface area contributed by atoms with Crippen LogP contribution >= 0.6 is 0 Å². The fourth-order valence-corrected chi connectivity index (χ4v) is 1.96. The van der Waals surface area contributed by atoms with Crippen molar-refractivity contribution in [3.63, 3.8) is 0 Å². The summed E-state index contributed by atoms with van der Waals surface area (Å²) in [6.45, 7) is -0.0686. The van der Waals surface area contributed by atoms with Crippen LogP contribution in [0.5, 0.6) is 0 Å². The van der Waals surface area contributed by atoms with Crippen LogP contribution in [-0.2, 0) is 20.9 Å². The van der Waals surface area contributed by atoms with Crippen molar-refractivity contribution in [2.24, 2.45) is 0 Å². The second-order valence-corrected chi connectivity index (χ2v) is 5.00. The average Bonchev–Trinajstić information content (AvgIpc) is 2.59. The van der Waals surface area contributed by atoms with Crippen LogP contribution < -0.4 is 5.32 Å². The Balaban J connectivity index is 1.74. The van der Waals surface area contributed by atoms with E-state index in [9.17, 15) is 19.7 Å². The smallest absolute Gasteiger partial charge is 0.306 e. The number of carbonyl (C=O) groups excluding carboxylic acids is 2. The van der Waals surface area contributed by atoms with Crippen LogP contribution in [0.2, 0.25) is 0 Å². The molecule has 1 N–H and O–H groups in total. The van der Waals surface area contributed by atoms with E-state index in [4.69, 9.17) is 4.74 Å². The van der Waals surface area contributed by atoms with Crippen molar-refractivity contribution in [1.82, 2.24) is 0 Å². The molecule has 1 amide bonds. The summed E-state index contributed by atoms with van der Waals surface area (Å²) in [7, 11) is 0. The third-order valence-corrected chi connectivity index (χ3v) is 3.13. The number of para-hydroxylation sites is 1. The quantitative estimate of drug-likeness (QED) is 0.478. The van der Waals surface area contributed by atoms with Crippen LogP contribution in [0, 0.1) is 10.1 Å². The Hall–Kier alpha value is -3.22. The number of hydrogen-bond acceptors (Lipinski definition) is 5. The van der Waals surface area contributed by atoms with Crippen molar-refractivity contribution in [3.8, 4) is 0 Å². The number of esters is 1. The summed E-state index contributed by atoms with van der Waals surface area (Å²) in [5, 5.41) is 13.3. The van der Waals surface area contributed by atoms with Gasteiger partial charge >= 0.3 is 5.97 Å². The first kappa shape index (κ1) is 17.1. The molecule has 2 aromatic carbocycles. The SMILES string of the molecule is O=C(CCC(=O)OCc1cccc([N+](=O)[O-])c1)Nc1ccccc1. The third-order valence-electron chi connectivity index (χ3n) is 3.13. The van der Waals surface area contributed by atoms with E-state index in [0.717, 1.165) is 0 Å². The number of rotatable bonds is 7. The lowest BCUT2D eigenvalue weighted by molar-refractivity contribution is -0.384. The minimum Gasteiger partial charge on any atom is -0.461 e. The molecule has 0 saturated carbocycles. The Labute approximate surface area is 138 Å².